The van der Waals surface area contributed by atoms with E-state index in [1.807, 2.05) is 0 Å². The molecule has 0 spiro atoms. The summed E-state index contributed by atoms with van der Waals surface area (Å²) in [5, 5.41) is 0. The van der Waals surface area contributed by atoms with Crippen molar-refractivity contribution in [1.82, 2.24) is 9.80 Å². The lowest BCUT2D eigenvalue weighted by Crippen LogP contribution is -2.57. The lowest BCUT2D eigenvalue weighted by molar-refractivity contribution is -0.257. The Labute approximate surface area is 98.6 Å². The monoisotopic (exact) mass is 280 g/mol. The minimum atomic E-state index is -4.88. The van der Waals surface area contributed by atoms with Crippen LogP contribution in [-0.2, 0) is 0 Å². The number of hydrogen-bond donors (Lipinski definition) is 0. The Balaban J connectivity index is 2.69. The van der Waals surface area contributed by atoms with E-state index in [1.54, 1.807) is 0 Å². The van der Waals surface area contributed by atoms with E-state index in [4.69, 9.17) is 0 Å². The molecule has 0 aromatic carbocycles. The van der Waals surface area contributed by atoms with Crippen molar-refractivity contribution in [2.75, 3.05) is 26.2 Å². The first kappa shape index (κ1) is 15.2. The highest BCUT2D eigenvalue weighted by Crippen LogP contribution is 2.32. The smallest absolute Gasteiger partial charge is 0.284 e. The topological polar surface area (TPSA) is 6.48 Å². The maximum Gasteiger partial charge on any atom is 0.460 e. The third kappa shape index (κ3) is 3.58. The Morgan fingerprint density at radius 2 is 1.39 bits per heavy atom. The molecule has 0 aliphatic carbocycles. The first-order valence-electron chi connectivity index (χ1n) is 5.00. The predicted molar refractivity (Wildman–Crippen MR) is 49.3 cm³/mol. The lowest BCUT2D eigenvalue weighted by Gasteiger charge is -2.39. The zero-order chi connectivity index (χ0) is 14.1. The number of alkyl halides is 6. The second-order valence-electron chi connectivity index (χ2n) is 3.88. The van der Waals surface area contributed by atoms with E-state index in [2.05, 4.69) is 6.58 Å². The number of rotatable bonds is 2. The Hall–Kier alpha value is -0.830. The van der Waals surface area contributed by atoms with E-state index in [0.717, 1.165) is 0 Å². The summed E-state index contributed by atoms with van der Waals surface area (Å²) in [7, 11) is 0. The van der Waals surface area contributed by atoms with Gasteiger partial charge in [0.2, 0.25) is 0 Å². The highest BCUT2D eigenvalue weighted by Gasteiger charge is 2.48. The van der Waals surface area contributed by atoms with Gasteiger partial charge in [-0.2, -0.15) is 26.3 Å². The molecule has 1 fully saturated rings. The fourth-order valence-electron chi connectivity index (χ4n) is 1.82. The van der Waals surface area contributed by atoms with Crippen molar-refractivity contribution in [2.24, 2.45) is 0 Å². The molecular formula is C9H11F7N2. The van der Waals surface area contributed by atoms with Gasteiger partial charge in [-0.3, -0.25) is 4.90 Å². The molecule has 106 valence electrons. The van der Waals surface area contributed by atoms with Crippen molar-refractivity contribution in [2.45, 2.75) is 18.5 Å². The summed E-state index contributed by atoms with van der Waals surface area (Å²) in [5.74, 6) is -1.61. The first-order chi connectivity index (χ1) is 8.03. The molecule has 1 unspecified atom stereocenters. The SMILES string of the molecule is C=C(F)C(N1CCN(C(F)(F)F)CC1)C(F)(F)F. The van der Waals surface area contributed by atoms with Crippen LogP contribution in [0.1, 0.15) is 0 Å². The summed E-state index contributed by atoms with van der Waals surface area (Å²) in [4.78, 5) is 0.711. The van der Waals surface area contributed by atoms with Gasteiger partial charge < -0.3 is 0 Å². The molecule has 2 nitrogen and oxygen atoms in total. The molecule has 1 aliphatic rings. The highest BCUT2D eigenvalue weighted by molar-refractivity contribution is 5.02. The minimum absolute atomic E-state index is 0.0952. The molecule has 1 heterocycles. The van der Waals surface area contributed by atoms with Gasteiger partial charge in [0.05, 0.1) is 0 Å². The fraction of sp³-hybridized carbons (Fsp3) is 0.778. The standard InChI is InChI=1S/C9H11F7N2/c1-6(10)7(8(11,12)13)17-2-4-18(5-3-17)9(14,15)16/h7H,1-5H2. The highest BCUT2D eigenvalue weighted by atomic mass is 19.4. The van der Waals surface area contributed by atoms with E-state index >= 15 is 0 Å². The van der Waals surface area contributed by atoms with Crippen LogP contribution in [0.4, 0.5) is 30.7 Å². The van der Waals surface area contributed by atoms with Gasteiger partial charge in [0.15, 0.2) is 6.04 Å². The largest absolute Gasteiger partial charge is 0.460 e. The van der Waals surface area contributed by atoms with E-state index in [1.165, 1.54) is 0 Å². The van der Waals surface area contributed by atoms with E-state index < -0.39 is 50.5 Å². The van der Waals surface area contributed by atoms with Crippen molar-refractivity contribution in [3.05, 3.63) is 12.4 Å². The van der Waals surface area contributed by atoms with Crippen molar-refractivity contribution >= 4 is 0 Å². The fourth-order valence-corrected chi connectivity index (χ4v) is 1.82. The van der Waals surface area contributed by atoms with Gasteiger partial charge in [-0.25, -0.2) is 9.29 Å². The summed E-state index contributed by atoms with van der Waals surface area (Å²) >= 11 is 0. The molecule has 9 heteroatoms. The van der Waals surface area contributed by atoms with E-state index in [-0.39, 0.29) is 4.90 Å². The van der Waals surface area contributed by atoms with Crippen molar-refractivity contribution in [3.8, 4) is 0 Å². The third-order valence-electron chi connectivity index (χ3n) is 2.64. The van der Waals surface area contributed by atoms with Gasteiger partial charge in [0.25, 0.3) is 0 Å². The second kappa shape index (κ2) is 5.04. The molecule has 1 aliphatic heterocycles. The molecule has 18 heavy (non-hydrogen) atoms. The van der Waals surface area contributed by atoms with Crippen LogP contribution in [-0.4, -0.2) is 54.5 Å². The van der Waals surface area contributed by atoms with Crippen molar-refractivity contribution in [3.63, 3.8) is 0 Å². The van der Waals surface area contributed by atoms with Gasteiger partial charge in [-0.1, -0.05) is 6.58 Å². The normalized spacial score (nSPS) is 21.9. The second-order valence-corrected chi connectivity index (χ2v) is 3.88. The molecule has 1 rings (SSSR count). The molecule has 0 saturated carbocycles. The quantitative estimate of drug-likeness (QED) is 0.566. The van der Waals surface area contributed by atoms with Gasteiger partial charge >= 0.3 is 12.5 Å². The van der Waals surface area contributed by atoms with Gasteiger partial charge in [-0.05, 0) is 0 Å². The molecular weight excluding hydrogens is 269 g/mol. The van der Waals surface area contributed by atoms with Crippen LogP contribution >= 0.6 is 0 Å². The molecule has 0 aromatic heterocycles. The van der Waals surface area contributed by atoms with Crippen LogP contribution < -0.4 is 0 Å². The Kier molecular flexibility index (Phi) is 4.26. The molecule has 0 amide bonds. The summed E-state index contributed by atoms with van der Waals surface area (Å²) < 4.78 is 87.1. The van der Waals surface area contributed by atoms with Crippen LogP contribution in [0, 0.1) is 0 Å². The Morgan fingerprint density at radius 1 is 0.944 bits per heavy atom. The Bertz CT molecular complexity index is 301. The summed E-state index contributed by atoms with van der Waals surface area (Å²) in [5.41, 5.74) is 0. The average molecular weight is 280 g/mol. The zero-order valence-electron chi connectivity index (χ0n) is 9.15. The van der Waals surface area contributed by atoms with E-state index in [0.29, 0.717) is 4.90 Å². The van der Waals surface area contributed by atoms with Crippen LogP contribution in [0.5, 0.6) is 0 Å². The summed E-state index contributed by atoms with van der Waals surface area (Å²) in [6.07, 6.45) is -9.46. The maximum absolute atomic E-state index is 12.8. The van der Waals surface area contributed by atoms with E-state index in [9.17, 15) is 30.7 Å². The minimum Gasteiger partial charge on any atom is -0.284 e. The van der Waals surface area contributed by atoms with Crippen LogP contribution in [0.3, 0.4) is 0 Å². The van der Waals surface area contributed by atoms with Gasteiger partial charge in [0, 0.05) is 26.2 Å². The van der Waals surface area contributed by atoms with Gasteiger partial charge in [0.1, 0.15) is 5.83 Å². The van der Waals surface area contributed by atoms with Crippen LogP contribution in [0.15, 0.2) is 12.4 Å². The Morgan fingerprint density at radius 3 is 1.67 bits per heavy atom. The zero-order valence-corrected chi connectivity index (χ0v) is 9.15. The summed E-state index contributed by atoms with van der Waals surface area (Å²) in [6, 6.07) is -2.53. The average Bonchev–Trinajstić information content (AvgIpc) is 2.13. The number of nitrogens with zero attached hydrogens (tertiary/aromatic N) is 2. The molecule has 0 bridgehead atoms. The van der Waals surface area contributed by atoms with Gasteiger partial charge in [-0.15, -0.1) is 0 Å². The van der Waals surface area contributed by atoms with Crippen LogP contribution in [0.25, 0.3) is 0 Å². The molecule has 1 atom stereocenters. The summed E-state index contributed by atoms with van der Waals surface area (Å²) in [6.45, 7) is 0.315. The molecule has 1 saturated heterocycles. The molecule has 0 N–H and O–H groups in total. The van der Waals surface area contributed by atoms with Crippen LogP contribution in [0.2, 0.25) is 0 Å². The first-order valence-corrected chi connectivity index (χ1v) is 5.00. The number of halogens is 7. The van der Waals surface area contributed by atoms with Crippen molar-refractivity contribution in [1.29, 1.82) is 0 Å². The maximum atomic E-state index is 12.8. The number of piperazine rings is 1. The lowest BCUT2D eigenvalue weighted by atomic mass is 10.2. The third-order valence-corrected chi connectivity index (χ3v) is 2.64. The predicted octanol–water partition coefficient (Wildman–Crippen LogP) is 2.54. The molecule has 0 radical (unpaired) electrons. The molecule has 0 aromatic rings. The number of hydrogen-bond acceptors (Lipinski definition) is 2. The van der Waals surface area contributed by atoms with Crippen molar-refractivity contribution < 1.29 is 30.7 Å².